The molecule has 1 aliphatic carbocycles. The minimum Gasteiger partial charge on any atom is -0.340 e. The van der Waals surface area contributed by atoms with E-state index in [1.54, 1.807) is 0 Å². The van der Waals surface area contributed by atoms with Crippen molar-refractivity contribution in [1.29, 1.82) is 0 Å². The van der Waals surface area contributed by atoms with Gasteiger partial charge in [-0.25, -0.2) is 0 Å². The summed E-state index contributed by atoms with van der Waals surface area (Å²) in [5.74, 6) is 0.192. The van der Waals surface area contributed by atoms with Crippen LogP contribution in [0.3, 0.4) is 0 Å². The number of nitrogens with one attached hydrogen (secondary N) is 1. The minimum atomic E-state index is -0.596. The van der Waals surface area contributed by atoms with Gasteiger partial charge in [0.25, 0.3) is 0 Å². The molecule has 1 aliphatic heterocycles. The second kappa shape index (κ2) is 6.80. The molecule has 21 heavy (non-hydrogen) atoms. The maximum Gasteiger partial charge on any atom is 0.249 e. The van der Waals surface area contributed by atoms with Crippen LogP contribution in [-0.4, -0.2) is 34.3 Å². The molecule has 0 aromatic rings. The van der Waals surface area contributed by atoms with Gasteiger partial charge in [0.05, 0.1) is 0 Å². The molecule has 2 fully saturated rings. The Morgan fingerprint density at radius 3 is 2.52 bits per heavy atom. The van der Waals surface area contributed by atoms with E-state index in [9.17, 15) is 9.59 Å². The Bertz CT molecular complexity index is 388. The molecule has 1 heterocycles. The molecule has 4 nitrogen and oxygen atoms in total. The standard InChI is InChI=1S/C17H30N2O2/c1-4-5-7-10-13(2)19-14(3)15(20)18-17(16(19)21)11-8-6-9-12-17/h13-14H,4-12H2,1-3H3,(H,18,20). The predicted octanol–water partition coefficient (Wildman–Crippen LogP) is 3.01. The van der Waals surface area contributed by atoms with Crippen LogP contribution in [0.1, 0.15) is 78.6 Å². The number of carbonyl (C=O) groups excluding carboxylic acids is 2. The molecule has 1 spiro atoms. The molecular formula is C17H30N2O2. The van der Waals surface area contributed by atoms with Gasteiger partial charge >= 0.3 is 0 Å². The van der Waals surface area contributed by atoms with Gasteiger partial charge in [0.2, 0.25) is 11.8 Å². The summed E-state index contributed by atoms with van der Waals surface area (Å²) in [5.41, 5.74) is -0.596. The van der Waals surface area contributed by atoms with E-state index in [1.165, 1.54) is 19.3 Å². The van der Waals surface area contributed by atoms with Gasteiger partial charge < -0.3 is 10.2 Å². The normalized spacial score (nSPS) is 26.8. The number of hydrogen-bond acceptors (Lipinski definition) is 2. The lowest BCUT2D eigenvalue weighted by atomic mass is 9.78. The van der Waals surface area contributed by atoms with E-state index in [2.05, 4.69) is 19.2 Å². The Morgan fingerprint density at radius 1 is 1.24 bits per heavy atom. The molecule has 4 heteroatoms. The highest BCUT2D eigenvalue weighted by molar-refractivity contribution is 5.99. The Balaban J connectivity index is 2.13. The molecule has 1 saturated carbocycles. The van der Waals surface area contributed by atoms with Crippen LogP contribution in [0.25, 0.3) is 0 Å². The number of rotatable bonds is 5. The van der Waals surface area contributed by atoms with Crippen LogP contribution in [0.5, 0.6) is 0 Å². The zero-order valence-electron chi connectivity index (χ0n) is 13.8. The third-order valence-corrected chi connectivity index (χ3v) is 5.21. The maximum absolute atomic E-state index is 13.0. The highest BCUT2D eigenvalue weighted by Crippen LogP contribution is 2.34. The van der Waals surface area contributed by atoms with Crippen LogP contribution < -0.4 is 5.32 Å². The summed E-state index contributed by atoms with van der Waals surface area (Å²) in [4.78, 5) is 27.3. The summed E-state index contributed by atoms with van der Waals surface area (Å²) in [7, 11) is 0. The van der Waals surface area contributed by atoms with Gasteiger partial charge in [-0.05, 0) is 33.1 Å². The second-order valence-electron chi connectivity index (χ2n) is 6.87. The first-order valence-corrected chi connectivity index (χ1v) is 8.66. The van der Waals surface area contributed by atoms with Crippen molar-refractivity contribution in [2.45, 2.75) is 96.2 Å². The van der Waals surface area contributed by atoms with Crippen molar-refractivity contribution in [3.8, 4) is 0 Å². The van der Waals surface area contributed by atoms with Crippen LogP contribution in [0.2, 0.25) is 0 Å². The Hall–Kier alpha value is -1.06. The number of unbranched alkanes of at least 4 members (excludes halogenated alkanes) is 2. The molecule has 0 bridgehead atoms. The quantitative estimate of drug-likeness (QED) is 0.792. The van der Waals surface area contributed by atoms with E-state index < -0.39 is 5.54 Å². The van der Waals surface area contributed by atoms with Crippen molar-refractivity contribution >= 4 is 11.8 Å². The van der Waals surface area contributed by atoms with Crippen LogP contribution in [-0.2, 0) is 9.59 Å². The molecule has 1 N–H and O–H groups in total. The van der Waals surface area contributed by atoms with Gasteiger partial charge in [0.1, 0.15) is 11.6 Å². The molecule has 0 aromatic carbocycles. The van der Waals surface area contributed by atoms with Gasteiger partial charge in [0.15, 0.2) is 0 Å². The zero-order valence-corrected chi connectivity index (χ0v) is 13.8. The molecule has 2 aliphatic rings. The number of hydrogen-bond donors (Lipinski definition) is 1. The highest BCUT2D eigenvalue weighted by atomic mass is 16.2. The minimum absolute atomic E-state index is 0.0267. The number of carbonyl (C=O) groups is 2. The van der Waals surface area contributed by atoms with Crippen LogP contribution in [0.15, 0.2) is 0 Å². The molecule has 0 radical (unpaired) electrons. The molecular weight excluding hydrogens is 264 g/mol. The van der Waals surface area contributed by atoms with Crippen molar-refractivity contribution in [2.75, 3.05) is 0 Å². The fraction of sp³-hybridized carbons (Fsp3) is 0.882. The molecule has 2 amide bonds. The Labute approximate surface area is 128 Å². The summed E-state index contributed by atoms with van der Waals surface area (Å²) in [5, 5.41) is 3.05. The molecule has 2 unspecified atom stereocenters. The van der Waals surface area contributed by atoms with E-state index >= 15 is 0 Å². The number of amides is 2. The largest absolute Gasteiger partial charge is 0.340 e. The summed E-state index contributed by atoms with van der Waals surface area (Å²) in [6.45, 7) is 6.14. The van der Waals surface area contributed by atoms with E-state index in [0.717, 1.165) is 38.5 Å². The lowest BCUT2D eigenvalue weighted by Gasteiger charge is -2.49. The smallest absolute Gasteiger partial charge is 0.249 e. The molecule has 2 atom stereocenters. The monoisotopic (exact) mass is 294 g/mol. The number of nitrogens with zero attached hydrogens (tertiary/aromatic N) is 1. The van der Waals surface area contributed by atoms with Crippen LogP contribution >= 0.6 is 0 Å². The molecule has 2 rings (SSSR count). The fourth-order valence-corrected chi connectivity index (χ4v) is 3.85. The van der Waals surface area contributed by atoms with Gasteiger partial charge in [0, 0.05) is 6.04 Å². The fourth-order valence-electron chi connectivity index (χ4n) is 3.85. The highest BCUT2D eigenvalue weighted by Gasteiger charge is 2.50. The first-order valence-electron chi connectivity index (χ1n) is 8.66. The van der Waals surface area contributed by atoms with E-state index in [0.29, 0.717) is 0 Å². The Morgan fingerprint density at radius 2 is 1.90 bits per heavy atom. The van der Waals surface area contributed by atoms with Crippen molar-refractivity contribution < 1.29 is 9.59 Å². The van der Waals surface area contributed by atoms with Gasteiger partial charge in [-0.2, -0.15) is 0 Å². The van der Waals surface area contributed by atoms with Gasteiger partial charge in [-0.1, -0.05) is 45.4 Å². The van der Waals surface area contributed by atoms with Crippen molar-refractivity contribution in [1.82, 2.24) is 10.2 Å². The maximum atomic E-state index is 13.0. The summed E-state index contributed by atoms with van der Waals surface area (Å²) in [6.07, 6.45) is 9.36. The molecule has 120 valence electrons. The summed E-state index contributed by atoms with van der Waals surface area (Å²) in [6, 6.07) is -0.175. The average molecular weight is 294 g/mol. The summed E-state index contributed by atoms with van der Waals surface area (Å²) < 4.78 is 0. The second-order valence-corrected chi connectivity index (χ2v) is 6.87. The third-order valence-electron chi connectivity index (χ3n) is 5.21. The van der Waals surface area contributed by atoms with Crippen molar-refractivity contribution in [2.24, 2.45) is 0 Å². The third kappa shape index (κ3) is 3.24. The SMILES string of the molecule is CCCCCC(C)N1C(=O)C2(CCCCC2)NC(=O)C1C. The zero-order chi connectivity index (χ0) is 15.5. The molecule has 0 aromatic heterocycles. The average Bonchev–Trinajstić information content (AvgIpc) is 2.47. The van der Waals surface area contributed by atoms with Crippen molar-refractivity contribution in [3.05, 3.63) is 0 Å². The first kappa shape index (κ1) is 16.3. The van der Waals surface area contributed by atoms with Gasteiger partial charge in [-0.3, -0.25) is 9.59 Å². The van der Waals surface area contributed by atoms with E-state index in [4.69, 9.17) is 0 Å². The molecule has 1 saturated heterocycles. The number of piperazine rings is 1. The van der Waals surface area contributed by atoms with Crippen LogP contribution in [0, 0.1) is 0 Å². The van der Waals surface area contributed by atoms with Gasteiger partial charge in [-0.15, -0.1) is 0 Å². The van der Waals surface area contributed by atoms with E-state index in [1.807, 2.05) is 11.8 Å². The lowest BCUT2D eigenvalue weighted by molar-refractivity contribution is -0.158. The Kier molecular flexibility index (Phi) is 5.28. The van der Waals surface area contributed by atoms with E-state index in [-0.39, 0.29) is 23.9 Å². The lowest BCUT2D eigenvalue weighted by Crippen LogP contribution is -2.71. The topological polar surface area (TPSA) is 49.4 Å². The predicted molar refractivity (Wildman–Crippen MR) is 83.9 cm³/mol. The van der Waals surface area contributed by atoms with Crippen LogP contribution in [0.4, 0.5) is 0 Å². The van der Waals surface area contributed by atoms with Crippen molar-refractivity contribution in [3.63, 3.8) is 0 Å². The first-order chi connectivity index (χ1) is 10.0. The summed E-state index contributed by atoms with van der Waals surface area (Å²) >= 11 is 0.